The fourth-order valence-corrected chi connectivity index (χ4v) is 2.20. The van der Waals surface area contributed by atoms with Gasteiger partial charge in [-0.1, -0.05) is 6.07 Å². The van der Waals surface area contributed by atoms with Crippen molar-refractivity contribution in [1.82, 2.24) is 9.97 Å². The van der Waals surface area contributed by atoms with Crippen LogP contribution in [0.5, 0.6) is 0 Å². The average molecular weight is 226 g/mol. The number of nitrogens with two attached hydrogens (primary N) is 1. The molecule has 0 atom stereocenters. The molecule has 4 nitrogen and oxygen atoms in total. The monoisotopic (exact) mass is 226 g/mol. The van der Waals surface area contributed by atoms with Crippen LogP contribution in [0, 0.1) is 0 Å². The molecule has 1 aliphatic rings. The van der Waals surface area contributed by atoms with Crippen molar-refractivity contribution in [1.29, 1.82) is 0 Å². The molecule has 1 aliphatic heterocycles. The molecule has 0 aliphatic carbocycles. The first kappa shape index (κ1) is 10.1. The van der Waals surface area contributed by atoms with Gasteiger partial charge in [-0.2, -0.15) is 0 Å². The Morgan fingerprint density at radius 1 is 1.12 bits per heavy atom. The first-order chi connectivity index (χ1) is 8.33. The zero-order chi connectivity index (χ0) is 11.7. The topological polar surface area (TPSA) is 55.0 Å². The summed E-state index contributed by atoms with van der Waals surface area (Å²) in [4.78, 5) is 10.7. The van der Waals surface area contributed by atoms with Gasteiger partial charge in [-0.15, -0.1) is 0 Å². The van der Waals surface area contributed by atoms with Crippen LogP contribution in [0.15, 0.2) is 36.7 Å². The molecule has 4 heteroatoms. The Labute approximate surface area is 100 Å². The van der Waals surface area contributed by atoms with Gasteiger partial charge >= 0.3 is 0 Å². The second kappa shape index (κ2) is 4.05. The molecule has 0 bridgehead atoms. The average Bonchev–Trinajstić information content (AvgIpc) is 2.39. The molecule has 2 N–H and O–H groups in total. The minimum Gasteiger partial charge on any atom is -0.399 e. The van der Waals surface area contributed by atoms with Crippen LogP contribution in [-0.4, -0.2) is 16.5 Å². The maximum atomic E-state index is 5.82. The number of rotatable bonds is 1. The van der Waals surface area contributed by atoms with Crippen molar-refractivity contribution in [3.63, 3.8) is 0 Å². The van der Waals surface area contributed by atoms with Crippen molar-refractivity contribution >= 4 is 11.6 Å². The van der Waals surface area contributed by atoms with Gasteiger partial charge in [0.1, 0.15) is 0 Å². The lowest BCUT2D eigenvalue weighted by Crippen LogP contribution is -2.31. The Balaban J connectivity index is 1.90. The quantitative estimate of drug-likeness (QED) is 0.751. The second-order valence-corrected chi connectivity index (χ2v) is 4.25. The summed E-state index contributed by atoms with van der Waals surface area (Å²) in [6.45, 7) is 1.80. The van der Waals surface area contributed by atoms with Crippen LogP contribution in [0.3, 0.4) is 0 Å². The van der Waals surface area contributed by atoms with Crippen LogP contribution in [0.2, 0.25) is 0 Å². The largest absolute Gasteiger partial charge is 0.399 e. The van der Waals surface area contributed by atoms with Crippen molar-refractivity contribution in [3.05, 3.63) is 47.8 Å². The van der Waals surface area contributed by atoms with Crippen molar-refractivity contribution < 1.29 is 0 Å². The number of hydrogen-bond acceptors (Lipinski definition) is 4. The van der Waals surface area contributed by atoms with Crippen molar-refractivity contribution in [2.45, 2.75) is 13.0 Å². The van der Waals surface area contributed by atoms with E-state index in [9.17, 15) is 0 Å². The fraction of sp³-hybridized carbons (Fsp3) is 0.231. The minimum atomic E-state index is 0.792. The fourth-order valence-electron chi connectivity index (χ4n) is 2.20. The first-order valence-corrected chi connectivity index (χ1v) is 5.72. The summed E-state index contributed by atoms with van der Waals surface area (Å²) in [6.07, 6.45) is 4.57. The smallest absolute Gasteiger partial charge is 0.225 e. The number of nitrogen functional groups attached to an aromatic ring is 1. The third-order valence-electron chi connectivity index (χ3n) is 3.08. The summed E-state index contributed by atoms with van der Waals surface area (Å²) in [7, 11) is 0. The van der Waals surface area contributed by atoms with Gasteiger partial charge in [0.15, 0.2) is 0 Å². The predicted molar refractivity (Wildman–Crippen MR) is 67.6 cm³/mol. The number of hydrogen-bond donors (Lipinski definition) is 1. The van der Waals surface area contributed by atoms with Crippen LogP contribution in [0.1, 0.15) is 11.1 Å². The van der Waals surface area contributed by atoms with Crippen molar-refractivity contribution in [2.75, 3.05) is 17.2 Å². The summed E-state index contributed by atoms with van der Waals surface area (Å²) in [6, 6.07) is 7.96. The molecule has 1 aromatic heterocycles. The lowest BCUT2D eigenvalue weighted by Gasteiger charge is -2.28. The zero-order valence-electron chi connectivity index (χ0n) is 9.50. The summed E-state index contributed by atoms with van der Waals surface area (Å²) >= 11 is 0. The molecule has 1 aromatic carbocycles. The molecule has 0 saturated carbocycles. The number of fused-ring (bicyclic) bond motifs is 1. The number of benzene rings is 1. The summed E-state index contributed by atoms with van der Waals surface area (Å²) in [5.41, 5.74) is 9.30. The van der Waals surface area contributed by atoms with Gasteiger partial charge in [-0.05, 0) is 35.7 Å². The van der Waals surface area contributed by atoms with Crippen molar-refractivity contribution in [2.24, 2.45) is 0 Å². The minimum absolute atomic E-state index is 0.792. The van der Waals surface area contributed by atoms with Crippen molar-refractivity contribution in [3.8, 4) is 0 Å². The van der Waals surface area contributed by atoms with E-state index in [0.29, 0.717) is 0 Å². The molecule has 0 saturated heterocycles. The second-order valence-electron chi connectivity index (χ2n) is 4.25. The van der Waals surface area contributed by atoms with Gasteiger partial charge in [0, 0.05) is 31.2 Å². The van der Waals surface area contributed by atoms with E-state index in [2.05, 4.69) is 20.9 Å². The molecule has 0 spiro atoms. The number of nitrogens with zero attached hydrogens (tertiary/aromatic N) is 3. The van der Waals surface area contributed by atoms with Gasteiger partial charge in [0.25, 0.3) is 0 Å². The number of anilines is 2. The molecule has 0 radical (unpaired) electrons. The molecule has 3 rings (SSSR count). The van der Waals surface area contributed by atoms with E-state index in [1.807, 2.05) is 18.2 Å². The molecule has 17 heavy (non-hydrogen) atoms. The van der Waals surface area contributed by atoms with Crippen LogP contribution in [-0.2, 0) is 13.0 Å². The normalized spacial score (nSPS) is 14.5. The molecule has 0 unspecified atom stereocenters. The predicted octanol–water partition coefficient (Wildman–Crippen LogP) is 1.62. The van der Waals surface area contributed by atoms with E-state index in [4.69, 9.17) is 5.73 Å². The standard InChI is InChI=1S/C13H14N4/c14-12-3-2-10-4-7-17(9-11(10)8-12)13-15-5-1-6-16-13/h1-3,5-6,8H,4,7,9,14H2. The van der Waals surface area contributed by atoms with Crippen LogP contribution < -0.4 is 10.6 Å². The highest BCUT2D eigenvalue weighted by atomic mass is 15.2. The third-order valence-corrected chi connectivity index (χ3v) is 3.08. The lowest BCUT2D eigenvalue weighted by atomic mass is 9.99. The van der Waals surface area contributed by atoms with E-state index < -0.39 is 0 Å². The van der Waals surface area contributed by atoms with Gasteiger partial charge in [0.2, 0.25) is 5.95 Å². The van der Waals surface area contributed by atoms with E-state index in [1.165, 1.54) is 11.1 Å². The van der Waals surface area contributed by atoms with Crippen LogP contribution in [0.25, 0.3) is 0 Å². The van der Waals surface area contributed by atoms with Gasteiger partial charge in [0.05, 0.1) is 0 Å². The lowest BCUT2D eigenvalue weighted by molar-refractivity contribution is 0.708. The van der Waals surface area contributed by atoms with Crippen LogP contribution >= 0.6 is 0 Å². The summed E-state index contributed by atoms with van der Waals surface area (Å²) in [5, 5.41) is 0. The van der Waals surface area contributed by atoms with E-state index in [0.717, 1.165) is 31.1 Å². The van der Waals surface area contributed by atoms with Gasteiger partial charge in [-0.25, -0.2) is 9.97 Å². The summed E-state index contributed by atoms with van der Waals surface area (Å²) < 4.78 is 0. The Morgan fingerprint density at radius 3 is 2.76 bits per heavy atom. The van der Waals surface area contributed by atoms with Gasteiger partial charge < -0.3 is 10.6 Å². The molecule has 86 valence electrons. The van der Waals surface area contributed by atoms with E-state index in [-0.39, 0.29) is 0 Å². The molecule has 2 heterocycles. The molecule has 2 aromatic rings. The maximum absolute atomic E-state index is 5.82. The number of aromatic nitrogens is 2. The SMILES string of the molecule is Nc1ccc2c(c1)CN(c1ncccn1)CC2. The highest BCUT2D eigenvalue weighted by Crippen LogP contribution is 2.23. The third kappa shape index (κ3) is 1.93. The Bertz CT molecular complexity index is 524. The molecule has 0 fully saturated rings. The van der Waals surface area contributed by atoms with Gasteiger partial charge in [-0.3, -0.25) is 0 Å². The molecular weight excluding hydrogens is 212 g/mol. The zero-order valence-corrected chi connectivity index (χ0v) is 9.50. The van der Waals surface area contributed by atoms with E-state index >= 15 is 0 Å². The molecule has 0 amide bonds. The Morgan fingerprint density at radius 2 is 1.94 bits per heavy atom. The molecular formula is C13H14N4. The highest BCUT2D eigenvalue weighted by molar-refractivity contribution is 5.48. The van der Waals surface area contributed by atoms with E-state index in [1.54, 1.807) is 12.4 Å². The Kier molecular flexibility index (Phi) is 2.40. The first-order valence-electron chi connectivity index (χ1n) is 5.72. The van der Waals surface area contributed by atoms with Crippen LogP contribution in [0.4, 0.5) is 11.6 Å². The Hall–Kier alpha value is -2.10. The maximum Gasteiger partial charge on any atom is 0.225 e. The summed E-state index contributed by atoms with van der Waals surface area (Å²) in [5.74, 6) is 0.792. The highest BCUT2D eigenvalue weighted by Gasteiger charge is 2.17.